The van der Waals surface area contributed by atoms with Crippen molar-refractivity contribution in [1.82, 2.24) is 0 Å². The number of halogens is 3. The monoisotopic (exact) mass is 300 g/mol. The number of nitrogens with two attached hydrogens (primary N) is 2. The molecule has 0 bridgehead atoms. The largest absolute Gasteiger partial charge is 0.506 e. The standard InChI is InChI=1S/C8H10BrClN2O.ClH/c9-7-5(10)2-1-4(8(7)13)6(12)3-11;/h1-2,6,13H,3,11-12H2;1H/t6-;/m1./s1. The number of hydrogen-bond acceptors (Lipinski definition) is 3. The molecule has 80 valence electrons. The van der Waals surface area contributed by atoms with Crippen LogP contribution in [-0.2, 0) is 0 Å². The van der Waals surface area contributed by atoms with Crippen LogP contribution < -0.4 is 11.5 Å². The number of benzene rings is 1. The minimum Gasteiger partial charge on any atom is -0.506 e. The highest BCUT2D eigenvalue weighted by atomic mass is 79.9. The van der Waals surface area contributed by atoms with Crippen molar-refractivity contribution in [2.45, 2.75) is 6.04 Å². The van der Waals surface area contributed by atoms with Crippen molar-refractivity contribution in [1.29, 1.82) is 0 Å². The molecule has 6 heteroatoms. The van der Waals surface area contributed by atoms with E-state index in [2.05, 4.69) is 15.9 Å². The Kier molecular flexibility index (Phi) is 5.78. The third kappa shape index (κ3) is 2.74. The Morgan fingerprint density at radius 3 is 2.57 bits per heavy atom. The Labute approximate surface area is 102 Å². The van der Waals surface area contributed by atoms with Gasteiger partial charge in [-0.05, 0) is 22.0 Å². The van der Waals surface area contributed by atoms with Crippen molar-refractivity contribution in [2.75, 3.05) is 6.54 Å². The first-order valence-corrected chi connectivity index (χ1v) is 4.87. The van der Waals surface area contributed by atoms with Crippen molar-refractivity contribution >= 4 is 39.9 Å². The minimum absolute atomic E-state index is 0. The van der Waals surface area contributed by atoms with Gasteiger partial charge in [0.2, 0.25) is 0 Å². The Balaban J connectivity index is 0.00000169. The van der Waals surface area contributed by atoms with Crippen LogP contribution in [0.2, 0.25) is 5.02 Å². The molecule has 1 atom stereocenters. The highest BCUT2D eigenvalue weighted by Gasteiger charge is 2.13. The molecule has 0 spiro atoms. The second kappa shape index (κ2) is 5.78. The quantitative estimate of drug-likeness (QED) is 0.784. The van der Waals surface area contributed by atoms with Crippen molar-refractivity contribution in [2.24, 2.45) is 11.5 Å². The van der Waals surface area contributed by atoms with Crippen molar-refractivity contribution in [3.8, 4) is 5.75 Å². The Hall–Kier alpha value is -0.000000000000000111. The summed E-state index contributed by atoms with van der Waals surface area (Å²) in [7, 11) is 0. The van der Waals surface area contributed by atoms with Crippen LogP contribution in [0.1, 0.15) is 11.6 Å². The predicted octanol–water partition coefficient (Wildman–Crippen LogP) is 2.19. The average molecular weight is 302 g/mol. The summed E-state index contributed by atoms with van der Waals surface area (Å²) in [6, 6.07) is 2.96. The zero-order chi connectivity index (χ0) is 10.0. The van der Waals surface area contributed by atoms with Crippen LogP contribution in [-0.4, -0.2) is 11.7 Å². The van der Waals surface area contributed by atoms with Crippen molar-refractivity contribution < 1.29 is 5.11 Å². The highest BCUT2D eigenvalue weighted by Crippen LogP contribution is 2.36. The van der Waals surface area contributed by atoms with Crippen LogP contribution >= 0.6 is 39.9 Å². The predicted molar refractivity (Wildman–Crippen MR) is 64.0 cm³/mol. The van der Waals surface area contributed by atoms with Crippen LogP contribution in [0.4, 0.5) is 0 Å². The van der Waals surface area contributed by atoms with Crippen LogP contribution in [0, 0.1) is 0 Å². The van der Waals surface area contributed by atoms with E-state index in [1.165, 1.54) is 0 Å². The Bertz CT molecular complexity index is 322. The second-order valence-corrected chi connectivity index (χ2v) is 3.84. The van der Waals surface area contributed by atoms with E-state index in [0.717, 1.165) is 0 Å². The summed E-state index contributed by atoms with van der Waals surface area (Å²) in [4.78, 5) is 0. The lowest BCUT2D eigenvalue weighted by molar-refractivity contribution is 0.458. The van der Waals surface area contributed by atoms with Crippen LogP contribution in [0.25, 0.3) is 0 Å². The van der Waals surface area contributed by atoms with E-state index in [4.69, 9.17) is 23.1 Å². The van der Waals surface area contributed by atoms with E-state index in [1.54, 1.807) is 12.1 Å². The molecule has 0 heterocycles. The lowest BCUT2D eigenvalue weighted by atomic mass is 10.1. The SMILES string of the molecule is Cl.NC[C@@H](N)c1ccc(Cl)c(Br)c1O. The summed E-state index contributed by atoms with van der Waals surface area (Å²) in [5, 5.41) is 10.1. The van der Waals surface area contributed by atoms with Gasteiger partial charge in [-0.3, -0.25) is 0 Å². The fraction of sp³-hybridized carbons (Fsp3) is 0.250. The first kappa shape index (κ1) is 14.0. The zero-order valence-electron chi connectivity index (χ0n) is 7.21. The van der Waals surface area contributed by atoms with E-state index in [1.807, 2.05) is 0 Å². The second-order valence-electron chi connectivity index (χ2n) is 2.64. The summed E-state index contributed by atoms with van der Waals surface area (Å²) in [6.45, 7) is 0.279. The van der Waals surface area contributed by atoms with Gasteiger partial charge in [0.25, 0.3) is 0 Å². The summed E-state index contributed by atoms with van der Waals surface area (Å²) in [5.41, 5.74) is 11.6. The van der Waals surface area contributed by atoms with E-state index < -0.39 is 0 Å². The van der Waals surface area contributed by atoms with Crippen molar-refractivity contribution in [3.63, 3.8) is 0 Å². The maximum Gasteiger partial charge on any atom is 0.136 e. The normalized spacial score (nSPS) is 12.0. The molecule has 0 saturated carbocycles. The third-order valence-corrected chi connectivity index (χ3v) is 3.10. The molecule has 0 saturated heterocycles. The lowest BCUT2D eigenvalue weighted by Crippen LogP contribution is -2.20. The zero-order valence-corrected chi connectivity index (χ0v) is 10.4. The summed E-state index contributed by atoms with van der Waals surface area (Å²) < 4.78 is 0.454. The van der Waals surface area contributed by atoms with Gasteiger partial charge in [0.1, 0.15) is 5.75 Å². The molecule has 1 rings (SSSR count). The van der Waals surface area contributed by atoms with E-state index in [9.17, 15) is 5.11 Å². The van der Waals surface area contributed by atoms with Gasteiger partial charge in [-0.1, -0.05) is 17.7 Å². The molecule has 3 nitrogen and oxygen atoms in total. The first-order chi connectivity index (χ1) is 6.07. The summed E-state index contributed by atoms with van der Waals surface area (Å²) in [6.07, 6.45) is 0. The number of rotatable bonds is 2. The molecule has 1 aromatic carbocycles. The molecule has 1 aromatic rings. The highest BCUT2D eigenvalue weighted by molar-refractivity contribution is 9.10. The first-order valence-electron chi connectivity index (χ1n) is 3.70. The molecule has 5 N–H and O–H groups in total. The van der Waals surface area contributed by atoms with Gasteiger partial charge in [-0.15, -0.1) is 12.4 Å². The molecule has 0 aliphatic rings. The Morgan fingerprint density at radius 1 is 1.50 bits per heavy atom. The smallest absolute Gasteiger partial charge is 0.136 e. The lowest BCUT2D eigenvalue weighted by Gasteiger charge is -2.12. The van der Waals surface area contributed by atoms with Gasteiger partial charge >= 0.3 is 0 Å². The fourth-order valence-corrected chi connectivity index (χ4v) is 1.49. The molecule has 0 unspecified atom stereocenters. The molecule has 0 aliphatic heterocycles. The van der Waals surface area contributed by atoms with Gasteiger partial charge in [-0.25, -0.2) is 0 Å². The molecule has 0 aliphatic carbocycles. The van der Waals surface area contributed by atoms with Gasteiger partial charge in [0.05, 0.1) is 9.50 Å². The molecular formula is C8H11BrCl2N2O. The summed E-state index contributed by atoms with van der Waals surface area (Å²) >= 11 is 8.90. The van der Waals surface area contributed by atoms with Gasteiger partial charge in [-0.2, -0.15) is 0 Å². The number of phenolic OH excluding ortho intramolecular Hbond substituents is 1. The van der Waals surface area contributed by atoms with Crippen LogP contribution in [0.3, 0.4) is 0 Å². The molecule has 0 amide bonds. The van der Waals surface area contributed by atoms with Crippen molar-refractivity contribution in [3.05, 3.63) is 27.2 Å². The average Bonchev–Trinajstić information content (AvgIpc) is 2.13. The topological polar surface area (TPSA) is 72.3 Å². The molecule has 0 aromatic heterocycles. The van der Waals surface area contributed by atoms with E-state index in [-0.39, 0.29) is 30.7 Å². The van der Waals surface area contributed by atoms with E-state index >= 15 is 0 Å². The summed E-state index contributed by atoms with van der Waals surface area (Å²) in [5.74, 6) is 0.0606. The number of hydrogen-bond donors (Lipinski definition) is 3. The maximum absolute atomic E-state index is 9.61. The number of aromatic hydroxyl groups is 1. The minimum atomic E-state index is -0.367. The van der Waals surface area contributed by atoms with Gasteiger partial charge in [0.15, 0.2) is 0 Å². The van der Waals surface area contributed by atoms with Gasteiger partial charge < -0.3 is 16.6 Å². The van der Waals surface area contributed by atoms with E-state index in [0.29, 0.717) is 15.1 Å². The van der Waals surface area contributed by atoms with Crippen LogP contribution in [0.15, 0.2) is 16.6 Å². The van der Waals surface area contributed by atoms with Crippen LogP contribution in [0.5, 0.6) is 5.75 Å². The number of phenols is 1. The third-order valence-electron chi connectivity index (χ3n) is 1.75. The maximum atomic E-state index is 9.61. The Morgan fingerprint density at radius 2 is 2.07 bits per heavy atom. The van der Waals surface area contributed by atoms with Gasteiger partial charge in [0, 0.05) is 18.2 Å². The molecule has 0 radical (unpaired) electrons. The molecular weight excluding hydrogens is 291 g/mol. The molecule has 14 heavy (non-hydrogen) atoms. The molecule has 0 fully saturated rings. The fourth-order valence-electron chi connectivity index (χ4n) is 0.981.